The molecular formula is C18H15N3OS. The van der Waals surface area contributed by atoms with Crippen LogP contribution in [0.15, 0.2) is 70.0 Å². The highest BCUT2D eigenvalue weighted by molar-refractivity contribution is 7.99. The molecule has 0 aliphatic heterocycles. The Kier molecular flexibility index (Phi) is 4.97. The van der Waals surface area contributed by atoms with E-state index in [1.54, 1.807) is 11.8 Å². The summed E-state index contributed by atoms with van der Waals surface area (Å²) in [7, 11) is 0. The number of thioether (sulfide) groups is 1. The maximum Gasteiger partial charge on any atom is 0.232 e. The zero-order valence-electron chi connectivity index (χ0n) is 12.4. The van der Waals surface area contributed by atoms with Crippen LogP contribution in [0.1, 0.15) is 5.69 Å². The molecule has 0 unspecified atom stereocenters. The second-order valence-electron chi connectivity index (χ2n) is 4.76. The third-order valence-electron chi connectivity index (χ3n) is 3.15. The first-order chi connectivity index (χ1) is 11.4. The molecule has 0 fully saturated rings. The monoisotopic (exact) mass is 321 g/mol. The first-order valence-corrected chi connectivity index (χ1v) is 8.23. The Bertz CT molecular complexity index is 794. The molecule has 1 heterocycles. The Morgan fingerprint density at radius 1 is 1.04 bits per heavy atom. The number of nitrogens with zero attached hydrogens (tertiary/aromatic N) is 2. The largest absolute Gasteiger partial charge is 0.419 e. The molecule has 0 saturated carbocycles. The molecule has 0 amide bonds. The molecule has 0 saturated heterocycles. The number of nitriles is 1. The lowest BCUT2D eigenvalue weighted by Crippen LogP contribution is -2.04. The normalized spacial score (nSPS) is 10.2. The van der Waals surface area contributed by atoms with Crippen LogP contribution in [0.2, 0.25) is 0 Å². The molecule has 0 aliphatic carbocycles. The van der Waals surface area contributed by atoms with Gasteiger partial charge < -0.3 is 9.73 Å². The molecule has 5 heteroatoms. The average molecular weight is 321 g/mol. The van der Waals surface area contributed by atoms with Crippen LogP contribution >= 0.6 is 11.8 Å². The van der Waals surface area contributed by atoms with Crippen LogP contribution < -0.4 is 5.32 Å². The van der Waals surface area contributed by atoms with Crippen molar-refractivity contribution in [2.45, 2.75) is 4.90 Å². The van der Waals surface area contributed by atoms with Gasteiger partial charge >= 0.3 is 0 Å². The quantitative estimate of drug-likeness (QED) is 0.538. The van der Waals surface area contributed by atoms with Gasteiger partial charge in [0.1, 0.15) is 6.07 Å². The maximum atomic E-state index is 9.20. The van der Waals surface area contributed by atoms with E-state index in [0.29, 0.717) is 18.3 Å². The van der Waals surface area contributed by atoms with Crippen LogP contribution in [0.3, 0.4) is 0 Å². The highest BCUT2D eigenvalue weighted by Crippen LogP contribution is 2.25. The van der Waals surface area contributed by atoms with E-state index >= 15 is 0 Å². The first kappa shape index (κ1) is 15.2. The van der Waals surface area contributed by atoms with Crippen molar-refractivity contribution < 1.29 is 4.42 Å². The smallest absolute Gasteiger partial charge is 0.232 e. The van der Waals surface area contributed by atoms with Crippen LogP contribution in [0.5, 0.6) is 0 Å². The van der Waals surface area contributed by atoms with Crippen LogP contribution in [-0.2, 0) is 0 Å². The number of anilines is 1. The number of oxazole rings is 1. The van der Waals surface area contributed by atoms with Crippen molar-refractivity contribution in [2.75, 3.05) is 17.6 Å². The number of aromatic nitrogens is 1. The van der Waals surface area contributed by atoms with E-state index in [-0.39, 0.29) is 5.69 Å². The summed E-state index contributed by atoms with van der Waals surface area (Å²) in [5, 5.41) is 12.3. The van der Waals surface area contributed by atoms with Gasteiger partial charge in [-0.15, -0.1) is 11.8 Å². The van der Waals surface area contributed by atoms with Gasteiger partial charge in [-0.2, -0.15) is 10.2 Å². The molecule has 1 aromatic heterocycles. The molecule has 0 spiro atoms. The molecule has 0 atom stereocenters. The lowest BCUT2D eigenvalue weighted by atomic mass is 10.2. The second kappa shape index (κ2) is 7.52. The van der Waals surface area contributed by atoms with Crippen molar-refractivity contribution in [1.82, 2.24) is 4.98 Å². The van der Waals surface area contributed by atoms with Gasteiger partial charge in [-0.05, 0) is 24.3 Å². The molecule has 0 radical (unpaired) electrons. The minimum atomic E-state index is 0.286. The SMILES string of the molecule is N#Cc1nc(-c2ccccc2)oc1NCCSc1ccccc1. The van der Waals surface area contributed by atoms with Crippen molar-refractivity contribution in [1.29, 1.82) is 5.26 Å². The predicted molar refractivity (Wildman–Crippen MR) is 92.3 cm³/mol. The molecule has 3 rings (SSSR count). The van der Waals surface area contributed by atoms with E-state index < -0.39 is 0 Å². The van der Waals surface area contributed by atoms with Gasteiger partial charge in [0.25, 0.3) is 0 Å². The van der Waals surface area contributed by atoms with Gasteiger partial charge in [-0.1, -0.05) is 36.4 Å². The Labute approximate surface area is 139 Å². The standard InChI is InChI=1S/C18H15N3OS/c19-13-16-18(20-11-12-23-15-9-5-2-6-10-15)22-17(21-16)14-7-3-1-4-8-14/h1-10,20H,11-12H2. The molecule has 0 bridgehead atoms. The van der Waals surface area contributed by atoms with Gasteiger partial charge in [0.05, 0.1) is 0 Å². The molecule has 1 N–H and O–H groups in total. The zero-order valence-corrected chi connectivity index (χ0v) is 13.2. The molecule has 0 aliphatic rings. The van der Waals surface area contributed by atoms with E-state index in [0.717, 1.165) is 11.3 Å². The summed E-state index contributed by atoms with van der Waals surface area (Å²) >= 11 is 1.75. The molecule has 2 aromatic carbocycles. The van der Waals surface area contributed by atoms with E-state index in [9.17, 15) is 5.26 Å². The fraction of sp³-hybridized carbons (Fsp3) is 0.111. The fourth-order valence-corrected chi connectivity index (χ4v) is 2.86. The highest BCUT2D eigenvalue weighted by Gasteiger charge is 2.13. The van der Waals surface area contributed by atoms with E-state index in [4.69, 9.17) is 4.42 Å². The Morgan fingerprint density at radius 2 is 1.74 bits per heavy atom. The number of hydrogen-bond donors (Lipinski definition) is 1. The van der Waals surface area contributed by atoms with Gasteiger partial charge in [0.2, 0.25) is 17.5 Å². The van der Waals surface area contributed by atoms with Crippen molar-refractivity contribution in [3.63, 3.8) is 0 Å². The molecule has 114 valence electrons. The summed E-state index contributed by atoms with van der Waals surface area (Å²) in [5.41, 5.74) is 1.14. The predicted octanol–water partition coefficient (Wildman–Crippen LogP) is 4.42. The maximum absolute atomic E-state index is 9.20. The Hall–Kier alpha value is -2.71. The van der Waals surface area contributed by atoms with E-state index in [1.165, 1.54) is 4.90 Å². The number of rotatable bonds is 6. The van der Waals surface area contributed by atoms with Crippen molar-refractivity contribution in [3.05, 3.63) is 66.4 Å². The summed E-state index contributed by atoms with van der Waals surface area (Å²) in [4.78, 5) is 5.46. The van der Waals surface area contributed by atoms with Crippen LogP contribution in [0.4, 0.5) is 5.88 Å². The molecule has 3 aromatic rings. The van der Waals surface area contributed by atoms with Gasteiger partial charge in [0.15, 0.2) is 0 Å². The van der Waals surface area contributed by atoms with Crippen molar-refractivity contribution in [2.24, 2.45) is 0 Å². The topological polar surface area (TPSA) is 61.9 Å². The first-order valence-electron chi connectivity index (χ1n) is 7.25. The lowest BCUT2D eigenvalue weighted by Gasteiger charge is -2.03. The van der Waals surface area contributed by atoms with Gasteiger partial charge in [-0.3, -0.25) is 0 Å². The summed E-state index contributed by atoms with van der Waals surface area (Å²) in [6, 6.07) is 21.8. The number of hydrogen-bond acceptors (Lipinski definition) is 5. The molecular weight excluding hydrogens is 306 g/mol. The summed E-state index contributed by atoms with van der Waals surface area (Å²) in [6.07, 6.45) is 0. The zero-order chi connectivity index (χ0) is 15.9. The summed E-state index contributed by atoms with van der Waals surface area (Å²) in [5.74, 6) is 1.76. The Morgan fingerprint density at radius 3 is 2.43 bits per heavy atom. The van der Waals surface area contributed by atoms with Crippen LogP contribution in [-0.4, -0.2) is 17.3 Å². The minimum absolute atomic E-state index is 0.286. The second-order valence-corrected chi connectivity index (χ2v) is 5.93. The number of benzene rings is 2. The fourth-order valence-electron chi connectivity index (χ4n) is 2.07. The number of nitrogens with one attached hydrogen (secondary N) is 1. The molecule has 23 heavy (non-hydrogen) atoms. The highest BCUT2D eigenvalue weighted by atomic mass is 32.2. The third-order valence-corrected chi connectivity index (χ3v) is 4.17. The van der Waals surface area contributed by atoms with Crippen molar-refractivity contribution in [3.8, 4) is 17.5 Å². The lowest BCUT2D eigenvalue weighted by molar-refractivity contribution is 0.586. The van der Waals surface area contributed by atoms with E-state index in [1.807, 2.05) is 48.5 Å². The van der Waals surface area contributed by atoms with Gasteiger partial charge in [-0.25, -0.2) is 0 Å². The molecule has 4 nitrogen and oxygen atoms in total. The van der Waals surface area contributed by atoms with Crippen LogP contribution in [0, 0.1) is 11.3 Å². The van der Waals surface area contributed by atoms with E-state index in [2.05, 4.69) is 28.5 Å². The van der Waals surface area contributed by atoms with Crippen LogP contribution in [0.25, 0.3) is 11.5 Å². The minimum Gasteiger partial charge on any atom is -0.419 e. The summed E-state index contributed by atoms with van der Waals surface area (Å²) < 4.78 is 5.69. The van der Waals surface area contributed by atoms with Gasteiger partial charge in [0, 0.05) is 22.8 Å². The average Bonchev–Trinajstić information content (AvgIpc) is 3.04. The third kappa shape index (κ3) is 3.93. The summed E-state index contributed by atoms with van der Waals surface area (Å²) in [6.45, 7) is 0.692. The van der Waals surface area contributed by atoms with Crippen molar-refractivity contribution >= 4 is 17.6 Å². The Balaban J connectivity index is 1.62.